The number of nitrogens with zero attached hydrogens (tertiary/aromatic N) is 3. The second-order valence-electron chi connectivity index (χ2n) is 5.91. The summed E-state index contributed by atoms with van der Waals surface area (Å²) in [7, 11) is 0. The van der Waals surface area contributed by atoms with Crippen LogP contribution < -0.4 is 9.47 Å². The zero-order valence-electron chi connectivity index (χ0n) is 15.7. The van der Waals surface area contributed by atoms with Gasteiger partial charge in [-0.15, -0.1) is 0 Å². The number of benzene rings is 2. The van der Waals surface area contributed by atoms with Crippen molar-refractivity contribution in [3.8, 4) is 11.5 Å². The number of nitrogens with one attached hydrogen (secondary N) is 1. The van der Waals surface area contributed by atoms with Gasteiger partial charge in [0.2, 0.25) is 4.77 Å². The number of halogens is 1. The van der Waals surface area contributed by atoms with Gasteiger partial charge in [-0.25, -0.2) is 4.39 Å². The molecule has 3 rings (SSSR count). The van der Waals surface area contributed by atoms with Gasteiger partial charge in [0, 0.05) is 6.42 Å². The highest BCUT2D eigenvalue weighted by molar-refractivity contribution is 7.71. The molecule has 0 aliphatic carbocycles. The molecule has 28 heavy (non-hydrogen) atoms. The Bertz CT molecular complexity index is 1010. The number of aryl methyl sites for hydroxylation is 1. The van der Waals surface area contributed by atoms with Crippen LogP contribution in [-0.4, -0.2) is 27.7 Å². The van der Waals surface area contributed by atoms with Crippen LogP contribution in [0, 0.1) is 10.6 Å². The minimum Gasteiger partial charge on any atom is -0.490 e. The predicted molar refractivity (Wildman–Crippen MR) is 108 cm³/mol. The highest BCUT2D eigenvalue weighted by Gasteiger charge is 2.07. The topological polar surface area (TPSA) is 64.4 Å². The normalized spacial score (nSPS) is 11.1. The van der Waals surface area contributed by atoms with E-state index in [0.717, 1.165) is 17.0 Å². The summed E-state index contributed by atoms with van der Waals surface area (Å²) in [4.78, 5) is 0. The quantitative estimate of drug-likeness (QED) is 0.447. The molecule has 0 amide bonds. The Morgan fingerprint density at radius 2 is 1.93 bits per heavy atom. The highest BCUT2D eigenvalue weighted by Crippen LogP contribution is 2.29. The molecule has 0 bridgehead atoms. The molecule has 3 aromatic rings. The second-order valence-corrected chi connectivity index (χ2v) is 6.30. The lowest BCUT2D eigenvalue weighted by atomic mass is 10.2. The van der Waals surface area contributed by atoms with Crippen molar-refractivity contribution in [2.24, 2.45) is 5.10 Å². The van der Waals surface area contributed by atoms with Crippen molar-refractivity contribution in [1.82, 2.24) is 14.9 Å². The molecule has 2 aromatic carbocycles. The molecule has 0 aliphatic rings. The molecule has 1 N–H and O–H groups in total. The Kier molecular flexibility index (Phi) is 6.54. The van der Waals surface area contributed by atoms with E-state index in [1.54, 1.807) is 23.0 Å². The first-order valence-electron chi connectivity index (χ1n) is 8.95. The van der Waals surface area contributed by atoms with Crippen molar-refractivity contribution in [1.29, 1.82) is 0 Å². The number of ether oxygens (including phenoxy) is 2. The van der Waals surface area contributed by atoms with Gasteiger partial charge in [-0.05, 0) is 60.6 Å². The van der Waals surface area contributed by atoms with Crippen LogP contribution >= 0.6 is 12.2 Å². The SMILES string of the molecule is CCOc1cc(/C=N\n2c(CC)n[nH]c2=S)ccc1OCc1ccc(F)cc1. The van der Waals surface area contributed by atoms with Gasteiger partial charge in [-0.1, -0.05) is 19.1 Å². The lowest BCUT2D eigenvalue weighted by Crippen LogP contribution is -2.01. The van der Waals surface area contributed by atoms with Gasteiger partial charge in [0.1, 0.15) is 12.4 Å². The molecule has 146 valence electrons. The fourth-order valence-electron chi connectivity index (χ4n) is 2.53. The van der Waals surface area contributed by atoms with Gasteiger partial charge in [0.05, 0.1) is 12.8 Å². The third-order valence-electron chi connectivity index (χ3n) is 3.93. The van der Waals surface area contributed by atoms with E-state index in [4.69, 9.17) is 21.7 Å². The summed E-state index contributed by atoms with van der Waals surface area (Å²) in [6.45, 7) is 4.71. The first-order chi connectivity index (χ1) is 13.6. The van der Waals surface area contributed by atoms with Crippen LogP contribution in [0.1, 0.15) is 30.8 Å². The molecule has 0 atom stereocenters. The predicted octanol–water partition coefficient (Wildman–Crippen LogP) is 4.50. The summed E-state index contributed by atoms with van der Waals surface area (Å²) in [5.74, 6) is 1.70. The Hall–Kier alpha value is -3.00. The number of aromatic nitrogens is 3. The summed E-state index contributed by atoms with van der Waals surface area (Å²) in [6.07, 6.45) is 2.40. The maximum atomic E-state index is 13.0. The molecular weight excluding hydrogens is 379 g/mol. The Morgan fingerprint density at radius 3 is 2.64 bits per heavy atom. The van der Waals surface area contributed by atoms with Crippen molar-refractivity contribution >= 4 is 18.4 Å². The van der Waals surface area contributed by atoms with Crippen molar-refractivity contribution < 1.29 is 13.9 Å². The fourth-order valence-corrected chi connectivity index (χ4v) is 2.73. The number of hydrogen-bond acceptors (Lipinski definition) is 5. The van der Waals surface area contributed by atoms with Gasteiger partial charge < -0.3 is 9.47 Å². The Balaban J connectivity index is 1.78. The van der Waals surface area contributed by atoms with Crippen LogP contribution in [0.15, 0.2) is 47.6 Å². The molecule has 0 saturated heterocycles. The lowest BCUT2D eigenvalue weighted by Gasteiger charge is -2.12. The van der Waals surface area contributed by atoms with Crippen LogP contribution in [0.5, 0.6) is 11.5 Å². The van der Waals surface area contributed by atoms with E-state index in [0.29, 0.717) is 35.9 Å². The maximum absolute atomic E-state index is 13.0. The van der Waals surface area contributed by atoms with Crippen LogP contribution in [0.3, 0.4) is 0 Å². The second kappa shape index (κ2) is 9.27. The minimum atomic E-state index is -0.272. The average molecular weight is 400 g/mol. The lowest BCUT2D eigenvalue weighted by molar-refractivity contribution is 0.269. The summed E-state index contributed by atoms with van der Waals surface area (Å²) >= 11 is 5.19. The third kappa shape index (κ3) is 4.83. The van der Waals surface area contributed by atoms with Gasteiger partial charge in [0.15, 0.2) is 17.3 Å². The third-order valence-corrected chi connectivity index (χ3v) is 4.20. The molecule has 1 heterocycles. The van der Waals surface area contributed by atoms with Crippen LogP contribution in [0.25, 0.3) is 0 Å². The molecule has 1 aromatic heterocycles. The van der Waals surface area contributed by atoms with Crippen molar-refractivity contribution in [2.75, 3.05) is 6.61 Å². The molecule has 0 saturated carbocycles. The Morgan fingerprint density at radius 1 is 1.14 bits per heavy atom. The zero-order valence-corrected chi connectivity index (χ0v) is 16.5. The summed E-state index contributed by atoms with van der Waals surface area (Å²) in [5.41, 5.74) is 1.71. The van der Waals surface area contributed by atoms with E-state index in [-0.39, 0.29) is 5.82 Å². The molecule has 0 aliphatic heterocycles. The van der Waals surface area contributed by atoms with E-state index in [9.17, 15) is 4.39 Å². The zero-order chi connectivity index (χ0) is 19.9. The van der Waals surface area contributed by atoms with E-state index in [2.05, 4.69) is 15.3 Å². The van der Waals surface area contributed by atoms with Crippen LogP contribution in [0.4, 0.5) is 4.39 Å². The fraction of sp³-hybridized carbons (Fsp3) is 0.250. The first-order valence-corrected chi connectivity index (χ1v) is 9.36. The first kappa shape index (κ1) is 19.8. The molecule has 0 unspecified atom stereocenters. The largest absolute Gasteiger partial charge is 0.490 e. The number of rotatable bonds is 8. The maximum Gasteiger partial charge on any atom is 0.216 e. The smallest absolute Gasteiger partial charge is 0.216 e. The molecule has 6 nitrogen and oxygen atoms in total. The molecule has 0 radical (unpaired) electrons. The van der Waals surface area contributed by atoms with Crippen molar-refractivity contribution in [3.05, 3.63) is 70.0 Å². The molecule has 0 fully saturated rings. The summed E-state index contributed by atoms with van der Waals surface area (Å²) < 4.78 is 26.6. The van der Waals surface area contributed by atoms with Crippen molar-refractivity contribution in [2.45, 2.75) is 26.9 Å². The molecule has 8 heteroatoms. The minimum absolute atomic E-state index is 0.272. The van der Waals surface area contributed by atoms with E-state index in [1.807, 2.05) is 32.0 Å². The van der Waals surface area contributed by atoms with Crippen molar-refractivity contribution in [3.63, 3.8) is 0 Å². The number of hydrogen-bond donors (Lipinski definition) is 1. The standard InChI is InChI=1S/C20H21FN4O2S/c1-3-19-23-24-20(28)25(19)22-12-15-7-10-17(18(11-15)26-4-2)27-13-14-5-8-16(21)9-6-14/h5-12H,3-4,13H2,1-2H3,(H,24,28)/b22-12-. The van der Waals surface area contributed by atoms with Crippen LogP contribution in [-0.2, 0) is 13.0 Å². The number of H-pyrrole nitrogens is 1. The average Bonchev–Trinajstić information content (AvgIpc) is 3.06. The molecular formula is C20H21FN4O2S. The van der Waals surface area contributed by atoms with Gasteiger partial charge >= 0.3 is 0 Å². The van der Waals surface area contributed by atoms with E-state index in [1.165, 1.54) is 12.1 Å². The van der Waals surface area contributed by atoms with Crippen LogP contribution in [0.2, 0.25) is 0 Å². The van der Waals surface area contributed by atoms with Gasteiger partial charge in [-0.3, -0.25) is 5.10 Å². The molecule has 0 spiro atoms. The Labute approximate surface area is 167 Å². The summed E-state index contributed by atoms with van der Waals surface area (Å²) in [6, 6.07) is 11.8. The van der Waals surface area contributed by atoms with Gasteiger partial charge in [0.25, 0.3) is 0 Å². The highest BCUT2D eigenvalue weighted by atomic mass is 32.1. The van der Waals surface area contributed by atoms with E-state index < -0.39 is 0 Å². The summed E-state index contributed by atoms with van der Waals surface area (Å²) in [5, 5.41) is 11.3. The van der Waals surface area contributed by atoms with E-state index >= 15 is 0 Å². The monoisotopic (exact) mass is 400 g/mol. The van der Waals surface area contributed by atoms with Gasteiger partial charge in [-0.2, -0.15) is 14.9 Å². The number of aromatic amines is 1.